The molecule has 0 aliphatic heterocycles. The highest BCUT2D eigenvalue weighted by molar-refractivity contribution is 6.23. The number of benzene rings is 5. The van der Waals surface area contributed by atoms with Crippen molar-refractivity contribution in [2.24, 2.45) is 0 Å². The molecule has 5 rings (SSSR count). The summed E-state index contributed by atoms with van der Waals surface area (Å²) in [6.07, 6.45) is 0. The highest BCUT2D eigenvalue weighted by Crippen LogP contribution is 2.37. The van der Waals surface area contributed by atoms with E-state index in [0.717, 1.165) is 21.5 Å². The summed E-state index contributed by atoms with van der Waals surface area (Å²) in [6.45, 7) is 0.488. The van der Waals surface area contributed by atoms with Gasteiger partial charge in [-0.3, -0.25) is 4.79 Å². The van der Waals surface area contributed by atoms with Crippen LogP contribution < -0.4 is 4.74 Å². The van der Waals surface area contributed by atoms with E-state index < -0.39 is 0 Å². The van der Waals surface area contributed by atoms with E-state index in [1.807, 2.05) is 18.2 Å². The highest BCUT2D eigenvalue weighted by Gasteiger charge is 2.10. The second-order valence-electron chi connectivity index (χ2n) is 6.18. The van der Waals surface area contributed by atoms with Crippen molar-refractivity contribution in [3.63, 3.8) is 0 Å². The van der Waals surface area contributed by atoms with Crippen LogP contribution in [0, 0.1) is 0 Å². The summed E-state index contributed by atoms with van der Waals surface area (Å²) in [7, 11) is 0. The van der Waals surface area contributed by atoms with E-state index in [1.165, 1.54) is 21.5 Å². The largest absolute Gasteiger partial charge is 0.428 e. The van der Waals surface area contributed by atoms with Crippen molar-refractivity contribution in [1.82, 2.24) is 0 Å². The van der Waals surface area contributed by atoms with Crippen LogP contribution in [0.25, 0.3) is 43.1 Å². The minimum absolute atomic E-state index is 0.488. The molecule has 5 aromatic rings. The summed E-state index contributed by atoms with van der Waals surface area (Å²) >= 11 is 0. The third-order valence-electron chi connectivity index (χ3n) is 4.90. The van der Waals surface area contributed by atoms with E-state index in [0.29, 0.717) is 12.2 Å². The number of hydrogen-bond donors (Lipinski definition) is 0. The monoisotopic (exact) mass is 322 g/mol. The average Bonchev–Trinajstić information content (AvgIpc) is 2.67. The van der Waals surface area contributed by atoms with Gasteiger partial charge in [-0.15, -0.1) is 0 Å². The van der Waals surface area contributed by atoms with Gasteiger partial charge in [-0.2, -0.15) is 0 Å². The molecule has 25 heavy (non-hydrogen) atoms. The molecule has 0 amide bonds. The maximum atomic E-state index is 10.9. The third kappa shape index (κ3) is 2.01. The molecule has 0 N–H and O–H groups in total. The Morgan fingerprint density at radius 1 is 0.560 bits per heavy atom. The Labute approximate surface area is 144 Å². The summed E-state index contributed by atoms with van der Waals surface area (Å²) in [5.41, 5.74) is 0. The molecule has 0 radical (unpaired) electrons. The van der Waals surface area contributed by atoms with Gasteiger partial charge in [0.15, 0.2) is 0 Å². The lowest BCUT2D eigenvalue weighted by molar-refractivity contribution is -0.120. The molecule has 2 nitrogen and oxygen atoms in total. The number of carbonyl (C=O) groups excluding carboxylic acids is 1. The Hall–Kier alpha value is -3.39. The quantitative estimate of drug-likeness (QED) is 0.302. The molecule has 0 atom stereocenters. The number of fused-ring (bicyclic) bond motifs is 7. The normalized spacial score (nSPS) is 11.4. The molecule has 2 heteroatoms. The van der Waals surface area contributed by atoms with Crippen LogP contribution >= 0.6 is 0 Å². The van der Waals surface area contributed by atoms with Gasteiger partial charge in [0.1, 0.15) is 5.75 Å². The highest BCUT2D eigenvalue weighted by atomic mass is 16.5. The van der Waals surface area contributed by atoms with Crippen molar-refractivity contribution < 1.29 is 9.53 Å². The van der Waals surface area contributed by atoms with Crippen LogP contribution in [0.5, 0.6) is 5.75 Å². The molecule has 0 unspecified atom stereocenters. The van der Waals surface area contributed by atoms with Crippen molar-refractivity contribution in [2.75, 3.05) is 0 Å². The minimum atomic E-state index is 0.488. The maximum Gasteiger partial charge on any atom is 0.298 e. The Morgan fingerprint density at radius 3 is 2.08 bits per heavy atom. The Bertz CT molecular complexity index is 1290. The van der Waals surface area contributed by atoms with Crippen LogP contribution in [-0.4, -0.2) is 6.47 Å². The predicted molar refractivity (Wildman–Crippen MR) is 103 cm³/mol. The molecule has 0 bridgehead atoms. The summed E-state index contributed by atoms with van der Waals surface area (Å²) in [4.78, 5) is 10.9. The summed E-state index contributed by atoms with van der Waals surface area (Å²) in [5, 5.41) is 9.22. The van der Waals surface area contributed by atoms with Crippen molar-refractivity contribution in [3.05, 3.63) is 78.9 Å². The molecule has 0 aromatic heterocycles. The van der Waals surface area contributed by atoms with E-state index in [2.05, 4.69) is 60.7 Å². The molecular weight excluding hydrogens is 308 g/mol. The number of rotatable bonds is 2. The zero-order valence-corrected chi connectivity index (χ0v) is 13.4. The van der Waals surface area contributed by atoms with Gasteiger partial charge < -0.3 is 4.74 Å². The van der Waals surface area contributed by atoms with Crippen LogP contribution in [0.3, 0.4) is 0 Å². The smallest absolute Gasteiger partial charge is 0.298 e. The van der Waals surface area contributed by atoms with Crippen LogP contribution in [0.4, 0.5) is 0 Å². The van der Waals surface area contributed by atoms with Gasteiger partial charge in [-0.05, 0) is 43.8 Å². The van der Waals surface area contributed by atoms with Gasteiger partial charge in [-0.25, -0.2) is 0 Å². The van der Waals surface area contributed by atoms with Gasteiger partial charge in [0.05, 0.1) is 0 Å². The molecule has 0 spiro atoms. The van der Waals surface area contributed by atoms with Crippen molar-refractivity contribution in [2.45, 2.75) is 0 Å². The first kappa shape index (κ1) is 14.0. The van der Waals surface area contributed by atoms with E-state index in [4.69, 9.17) is 4.74 Å². The van der Waals surface area contributed by atoms with Gasteiger partial charge in [0, 0.05) is 5.39 Å². The fourth-order valence-electron chi connectivity index (χ4n) is 3.81. The number of carbonyl (C=O) groups is 1. The second kappa shape index (κ2) is 5.32. The van der Waals surface area contributed by atoms with E-state index in [9.17, 15) is 4.79 Å². The van der Waals surface area contributed by atoms with E-state index in [1.54, 1.807) is 0 Å². The van der Waals surface area contributed by atoms with E-state index >= 15 is 0 Å². The van der Waals surface area contributed by atoms with E-state index in [-0.39, 0.29) is 0 Å². The van der Waals surface area contributed by atoms with Gasteiger partial charge >= 0.3 is 0 Å². The molecule has 0 aliphatic carbocycles. The molecule has 0 heterocycles. The maximum absolute atomic E-state index is 10.9. The summed E-state index contributed by atoms with van der Waals surface area (Å²) in [6, 6.07) is 27.1. The molecule has 118 valence electrons. The van der Waals surface area contributed by atoms with Crippen molar-refractivity contribution >= 4 is 49.6 Å². The first-order valence-corrected chi connectivity index (χ1v) is 8.23. The standard InChI is InChI=1S/C23H14O2/c24-14-25-22-7-3-5-16-9-11-20-19-10-8-15-4-1-2-6-17(15)18(19)12-13-21(20)23(16)22/h1-14H. The average molecular weight is 322 g/mol. The van der Waals surface area contributed by atoms with Gasteiger partial charge in [0.25, 0.3) is 6.47 Å². The van der Waals surface area contributed by atoms with Crippen molar-refractivity contribution in [1.29, 1.82) is 0 Å². The van der Waals surface area contributed by atoms with Crippen LogP contribution in [0.1, 0.15) is 0 Å². The van der Waals surface area contributed by atoms with Gasteiger partial charge in [-0.1, -0.05) is 72.8 Å². The lowest BCUT2D eigenvalue weighted by Gasteiger charge is -2.11. The zero-order chi connectivity index (χ0) is 16.8. The first-order chi connectivity index (χ1) is 12.4. The second-order valence-corrected chi connectivity index (χ2v) is 6.18. The number of ether oxygens (including phenoxy) is 1. The van der Waals surface area contributed by atoms with Crippen LogP contribution in [0.15, 0.2) is 78.9 Å². The Kier molecular flexibility index (Phi) is 2.98. The SMILES string of the molecule is O=COc1cccc2ccc3c4ccc5ccccc5c4ccc3c12. The summed E-state index contributed by atoms with van der Waals surface area (Å²) in [5.74, 6) is 0.596. The molecule has 0 fully saturated rings. The topological polar surface area (TPSA) is 26.3 Å². The third-order valence-corrected chi connectivity index (χ3v) is 4.90. The first-order valence-electron chi connectivity index (χ1n) is 8.23. The Balaban J connectivity index is 1.98. The Morgan fingerprint density at radius 2 is 1.20 bits per heavy atom. The lowest BCUT2D eigenvalue weighted by atomic mass is 9.94. The minimum Gasteiger partial charge on any atom is -0.428 e. The number of hydrogen-bond acceptors (Lipinski definition) is 2. The van der Waals surface area contributed by atoms with Crippen molar-refractivity contribution in [3.8, 4) is 5.75 Å². The van der Waals surface area contributed by atoms with Crippen LogP contribution in [-0.2, 0) is 4.79 Å². The van der Waals surface area contributed by atoms with Gasteiger partial charge in [0.2, 0.25) is 0 Å². The molecule has 0 saturated carbocycles. The molecule has 5 aromatic carbocycles. The van der Waals surface area contributed by atoms with Crippen LogP contribution in [0.2, 0.25) is 0 Å². The fraction of sp³-hybridized carbons (Fsp3) is 0. The summed E-state index contributed by atoms with van der Waals surface area (Å²) < 4.78 is 5.23. The lowest BCUT2D eigenvalue weighted by Crippen LogP contribution is -1.90. The fourth-order valence-corrected chi connectivity index (χ4v) is 3.81. The zero-order valence-electron chi connectivity index (χ0n) is 13.4. The predicted octanol–water partition coefficient (Wildman–Crippen LogP) is 5.83. The molecule has 0 aliphatic rings. The molecule has 0 saturated heterocycles. The molecular formula is C23H14O2.